The number of likely N-dealkylation sites (N-methyl/N-ethyl adjacent to an activating group) is 1. The summed E-state index contributed by atoms with van der Waals surface area (Å²) in [5.74, 6) is -1.66. The van der Waals surface area contributed by atoms with Crippen LogP contribution in [0.5, 0.6) is 0 Å². The van der Waals surface area contributed by atoms with Crippen molar-refractivity contribution in [3.05, 3.63) is 29.8 Å². The number of hydrogen-bond donors (Lipinski definition) is 1. The summed E-state index contributed by atoms with van der Waals surface area (Å²) >= 11 is 0. The number of carbonyl (C=O) groups excluding carboxylic acids is 3. The molecule has 0 unspecified atom stereocenters. The Morgan fingerprint density at radius 2 is 1.64 bits per heavy atom. The molecule has 118 valence electrons. The van der Waals surface area contributed by atoms with Crippen LogP contribution in [0.4, 0.5) is 5.69 Å². The zero-order chi connectivity index (χ0) is 16.1. The van der Waals surface area contributed by atoms with E-state index in [9.17, 15) is 14.4 Å². The molecule has 1 aromatic carbocycles. The Kier molecular flexibility index (Phi) is 5.11. The molecule has 0 bridgehead atoms. The van der Waals surface area contributed by atoms with Crippen LogP contribution in [0.3, 0.4) is 0 Å². The van der Waals surface area contributed by atoms with E-state index in [-0.39, 0.29) is 0 Å². The molecule has 1 aliphatic heterocycles. The van der Waals surface area contributed by atoms with E-state index >= 15 is 0 Å². The number of methoxy groups -OCH3 is 1. The Morgan fingerprint density at radius 3 is 2.18 bits per heavy atom. The second-order valence-corrected chi connectivity index (χ2v) is 5.12. The molecule has 1 fully saturated rings. The van der Waals surface area contributed by atoms with Gasteiger partial charge < -0.3 is 19.9 Å². The van der Waals surface area contributed by atoms with Crippen molar-refractivity contribution in [3.63, 3.8) is 0 Å². The Morgan fingerprint density at radius 1 is 1.05 bits per heavy atom. The first-order valence-corrected chi connectivity index (χ1v) is 6.98. The maximum absolute atomic E-state index is 12.1. The van der Waals surface area contributed by atoms with Gasteiger partial charge in [0.15, 0.2) is 0 Å². The summed E-state index contributed by atoms with van der Waals surface area (Å²) in [7, 11) is 3.28. The second-order valence-electron chi connectivity index (χ2n) is 5.12. The van der Waals surface area contributed by atoms with Crippen molar-refractivity contribution >= 4 is 23.5 Å². The van der Waals surface area contributed by atoms with Crippen LogP contribution < -0.4 is 5.32 Å². The molecule has 0 saturated carbocycles. The molecule has 22 heavy (non-hydrogen) atoms. The minimum Gasteiger partial charge on any atom is -0.465 e. The zero-order valence-corrected chi connectivity index (χ0v) is 12.7. The quantitative estimate of drug-likeness (QED) is 0.623. The normalized spacial score (nSPS) is 15.3. The number of ether oxygens (including phenoxy) is 1. The number of nitrogens with zero attached hydrogens (tertiary/aromatic N) is 2. The van der Waals surface area contributed by atoms with E-state index in [1.54, 1.807) is 12.1 Å². The highest BCUT2D eigenvalue weighted by Gasteiger charge is 2.24. The highest BCUT2D eigenvalue weighted by atomic mass is 16.5. The first-order chi connectivity index (χ1) is 10.5. The number of carbonyl (C=O) groups is 3. The van der Waals surface area contributed by atoms with Crippen molar-refractivity contribution in [2.24, 2.45) is 0 Å². The van der Waals surface area contributed by atoms with Crippen molar-refractivity contribution in [3.8, 4) is 0 Å². The molecule has 2 amide bonds. The van der Waals surface area contributed by atoms with E-state index in [2.05, 4.69) is 15.0 Å². The lowest BCUT2D eigenvalue weighted by molar-refractivity contribution is -0.144. The molecule has 1 aliphatic rings. The number of anilines is 1. The zero-order valence-electron chi connectivity index (χ0n) is 12.7. The fourth-order valence-corrected chi connectivity index (χ4v) is 2.15. The number of benzene rings is 1. The average molecular weight is 305 g/mol. The Bertz CT molecular complexity index is 563. The van der Waals surface area contributed by atoms with E-state index < -0.39 is 17.8 Å². The van der Waals surface area contributed by atoms with Gasteiger partial charge in [-0.25, -0.2) is 4.79 Å². The van der Waals surface area contributed by atoms with Gasteiger partial charge in [0.25, 0.3) is 0 Å². The van der Waals surface area contributed by atoms with E-state index in [4.69, 9.17) is 0 Å². The third-order valence-corrected chi connectivity index (χ3v) is 3.55. The lowest BCUT2D eigenvalue weighted by Gasteiger charge is -2.31. The van der Waals surface area contributed by atoms with E-state index in [1.807, 2.05) is 7.05 Å². The molecule has 0 radical (unpaired) electrons. The standard InChI is InChI=1S/C15H19N3O4/c1-17-7-9-18(10-8-17)14(20)13(19)16-12-5-3-11(4-6-12)15(21)22-2/h3-6H,7-10H2,1-2H3,(H,16,19). The van der Waals surface area contributed by atoms with Crippen LogP contribution in [0.1, 0.15) is 10.4 Å². The van der Waals surface area contributed by atoms with Crippen LogP contribution in [0.25, 0.3) is 0 Å². The van der Waals surface area contributed by atoms with Gasteiger partial charge in [-0.05, 0) is 31.3 Å². The highest BCUT2D eigenvalue weighted by molar-refractivity contribution is 6.39. The molecule has 1 heterocycles. The minimum atomic E-state index is -0.671. The van der Waals surface area contributed by atoms with Gasteiger partial charge in [0, 0.05) is 31.9 Å². The number of nitrogens with one attached hydrogen (secondary N) is 1. The monoisotopic (exact) mass is 305 g/mol. The largest absolute Gasteiger partial charge is 0.465 e. The molecule has 2 rings (SSSR count). The van der Waals surface area contributed by atoms with Crippen molar-refractivity contribution < 1.29 is 19.1 Å². The molecule has 0 aliphatic carbocycles. The smallest absolute Gasteiger partial charge is 0.337 e. The molecule has 7 nitrogen and oxygen atoms in total. The Balaban J connectivity index is 1.93. The van der Waals surface area contributed by atoms with Crippen molar-refractivity contribution in [2.45, 2.75) is 0 Å². The molecule has 1 N–H and O–H groups in total. The summed E-state index contributed by atoms with van der Waals surface area (Å²) in [5, 5.41) is 2.54. The molecule has 1 aromatic rings. The van der Waals surface area contributed by atoms with E-state index in [0.29, 0.717) is 24.3 Å². The van der Waals surface area contributed by atoms with Crippen LogP contribution in [0, 0.1) is 0 Å². The molecular formula is C15H19N3O4. The first kappa shape index (κ1) is 16.0. The fourth-order valence-electron chi connectivity index (χ4n) is 2.15. The predicted molar refractivity (Wildman–Crippen MR) is 80.5 cm³/mol. The summed E-state index contributed by atoms with van der Waals surface area (Å²) in [6.07, 6.45) is 0. The Labute approximate surface area is 128 Å². The number of esters is 1. The Hall–Kier alpha value is -2.41. The average Bonchev–Trinajstić information content (AvgIpc) is 2.54. The predicted octanol–water partition coefficient (Wildman–Crippen LogP) is 0.186. The second kappa shape index (κ2) is 7.04. The number of piperazine rings is 1. The van der Waals surface area contributed by atoms with Gasteiger partial charge >= 0.3 is 17.8 Å². The minimum absolute atomic E-state index is 0.380. The number of hydrogen-bond acceptors (Lipinski definition) is 5. The van der Waals surface area contributed by atoms with Gasteiger partial charge in [0.05, 0.1) is 12.7 Å². The summed E-state index contributed by atoms with van der Waals surface area (Å²) in [4.78, 5) is 39.0. The van der Waals surface area contributed by atoms with Gasteiger partial charge in [-0.2, -0.15) is 0 Å². The summed E-state index contributed by atoms with van der Waals surface area (Å²) < 4.78 is 4.59. The topological polar surface area (TPSA) is 78.9 Å². The van der Waals surface area contributed by atoms with Crippen molar-refractivity contribution in [1.82, 2.24) is 9.80 Å². The van der Waals surface area contributed by atoms with Gasteiger partial charge in [-0.15, -0.1) is 0 Å². The molecular weight excluding hydrogens is 286 g/mol. The van der Waals surface area contributed by atoms with Crippen molar-refractivity contribution in [1.29, 1.82) is 0 Å². The van der Waals surface area contributed by atoms with Gasteiger partial charge in [-0.1, -0.05) is 0 Å². The summed E-state index contributed by atoms with van der Waals surface area (Å²) in [6.45, 7) is 2.60. The van der Waals surface area contributed by atoms with Crippen LogP contribution in [0.2, 0.25) is 0 Å². The number of rotatable bonds is 2. The SMILES string of the molecule is COC(=O)c1ccc(NC(=O)C(=O)N2CCN(C)CC2)cc1. The molecule has 7 heteroatoms. The van der Waals surface area contributed by atoms with Gasteiger partial charge in [0.2, 0.25) is 0 Å². The fraction of sp³-hybridized carbons (Fsp3) is 0.400. The van der Waals surface area contributed by atoms with Crippen LogP contribution in [0.15, 0.2) is 24.3 Å². The first-order valence-electron chi connectivity index (χ1n) is 6.98. The molecule has 0 aromatic heterocycles. The summed E-state index contributed by atoms with van der Waals surface area (Å²) in [5.41, 5.74) is 0.839. The van der Waals surface area contributed by atoms with Crippen LogP contribution in [-0.2, 0) is 14.3 Å². The van der Waals surface area contributed by atoms with Gasteiger partial charge in [0.1, 0.15) is 0 Å². The van der Waals surface area contributed by atoms with E-state index in [1.165, 1.54) is 24.1 Å². The summed E-state index contributed by atoms with van der Waals surface area (Å²) in [6, 6.07) is 6.17. The number of amides is 2. The lowest BCUT2D eigenvalue weighted by Crippen LogP contribution is -2.50. The van der Waals surface area contributed by atoms with Crippen molar-refractivity contribution in [2.75, 3.05) is 45.7 Å². The van der Waals surface area contributed by atoms with E-state index in [0.717, 1.165) is 13.1 Å². The molecule has 0 atom stereocenters. The molecule has 0 spiro atoms. The van der Waals surface area contributed by atoms with Gasteiger partial charge in [-0.3, -0.25) is 9.59 Å². The lowest BCUT2D eigenvalue weighted by atomic mass is 10.2. The van der Waals surface area contributed by atoms with Crippen LogP contribution in [-0.4, -0.2) is 67.9 Å². The molecule has 1 saturated heterocycles. The maximum Gasteiger partial charge on any atom is 0.337 e. The third kappa shape index (κ3) is 3.82. The third-order valence-electron chi connectivity index (χ3n) is 3.55. The highest BCUT2D eigenvalue weighted by Crippen LogP contribution is 2.11. The van der Waals surface area contributed by atoms with Crippen LogP contribution >= 0.6 is 0 Å². The maximum atomic E-state index is 12.1.